The van der Waals surface area contributed by atoms with Crippen molar-refractivity contribution in [3.8, 4) is 0 Å². The summed E-state index contributed by atoms with van der Waals surface area (Å²) >= 11 is 6.10. The van der Waals surface area contributed by atoms with E-state index in [2.05, 4.69) is 16.0 Å². The van der Waals surface area contributed by atoms with Gasteiger partial charge >= 0.3 is 5.97 Å². The number of aliphatic carboxylic acids is 1. The summed E-state index contributed by atoms with van der Waals surface area (Å²) in [4.78, 5) is 63.8. The highest BCUT2D eigenvalue weighted by Crippen LogP contribution is 2.23. The number of nitrogens with one attached hydrogen (secondary N) is 3. The zero-order chi connectivity index (χ0) is 31.8. The van der Waals surface area contributed by atoms with Crippen LogP contribution in [0.5, 0.6) is 0 Å². The molecule has 12 nitrogen and oxygen atoms in total. The van der Waals surface area contributed by atoms with Gasteiger partial charge in [-0.05, 0) is 69.0 Å². The first-order valence-corrected chi connectivity index (χ1v) is 14.9. The van der Waals surface area contributed by atoms with Crippen LogP contribution < -0.4 is 21.7 Å². The van der Waals surface area contributed by atoms with Crippen LogP contribution in [0.2, 0.25) is 5.02 Å². The number of aliphatic hydroxyl groups excluding tert-OH is 1. The quantitative estimate of drug-likeness (QED) is 0.133. The van der Waals surface area contributed by atoms with Gasteiger partial charge < -0.3 is 36.6 Å². The largest absolute Gasteiger partial charge is 0.481 e. The molecule has 1 aromatic rings. The van der Waals surface area contributed by atoms with Crippen LogP contribution >= 0.6 is 11.6 Å². The molecule has 0 saturated heterocycles. The third kappa shape index (κ3) is 12.8. The highest BCUT2D eigenvalue weighted by molar-refractivity contribution is 6.31. The van der Waals surface area contributed by atoms with Gasteiger partial charge in [-0.2, -0.15) is 0 Å². The lowest BCUT2D eigenvalue weighted by Crippen LogP contribution is -2.56. The van der Waals surface area contributed by atoms with Gasteiger partial charge in [0.1, 0.15) is 24.7 Å². The number of amides is 3. The van der Waals surface area contributed by atoms with E-state index >= 15 is 0 Å². The molecule has 1 aliphatic carbocycles. The van der Waals surface area contributed by atoms with Gasteiger partial charge in [0.05, 0.1) is 13.0 Å². The minimum Gasteiger partial charge on any atom is -0.481 e. The first kappa shape index (κ1) is 35.9. The lowest BCUT2D eigenvalue weighted by molar-refractivity contribution is -0.141. The van der Waals surface area contributed by atoms with Crippen molar-refractivity contribution in [1.82, 2.24) is 16.0 Å². The number of hydrogen-bond donors (Lipinski definition) is 6. The third-order valence-corrected chi connectivity index (χ3v) is 7.43. The van der Waals surface area contributed by atoms with Gasteiger partial charge in [-0.3, -0.25) is 24.0 Å². The molecular formula is C30H43ClN4O8. The van der Waals surface area contributed by atoms with Gasteiger partial charge in [0.15, 0.2) is 5.78 Å². The average molecular weight is 623 g/mol. The number of rotatable bonds is 19. The van der Waals surface area contributed by atoms with Crippen molar-refractivity contribution in [2.45, 2.75) is 83.0 Å². The Morgan fingerprint density at radius 2 is 1.67 bits per heavy atom. The molecule has 0 fully saturated rings. The number of carboxylic acid groups (broad SMARTS) is 1. The van der Waals surface area contributed by atoms with Crippen molar-refractivity contribution in [2.75, 3.05) is 19.8 Å². The number of ketones is 1. The lowest BCUT2D eigenvalue weighted by atomic mass is 9.90. The fraction of sp³-hybridized carbons (Fsp3) is 0.567. The number of ether oxygens (including phenoxy) is 1. The molecule has 2 unspecified atom stereocenters. The predicted octanol–water partition coefficient (Wildman–Crippen LogP) is 1.61. The number of halogens is 1. The summed E-state index contributed by atoms with van der Waals surface area (Å²) in [6, 6.07) is 3.28. The molecular weight excluding hydrogens is 580 g/mol. The Labute approximate surface area is 256 Å². The lowest BCUT2D eigenvalue weighted by Gasteiger charge is -2.26. The monoisotopic (exact) mass is 622 g/mol. The first-order chi connectivity index (χ1) is 20.5. The second-order valence-corrected chi connectivity index (χ2v) is 11.1. The van der Waals surface area contributed by atoms with Crippen molar-refractivity contribution >= 4 is 41.1 Å². The van der Waals surface area contributed by atoms with Crippen molar-refractivity contribution < 1.29 is 38.9 Å². The van der Waals surface area contributed by atoms with Gasteiger partial charge in [0.2, 0.25) is 17.7 Å². The van der Waals surface area contributed by atoms with Crippen LogP contribution in [0.4, 0.5) is 0 Å². The first-order valence-electron chi connectivity index (χ1n) is 14.5. The number of nitrogens with two attached hydrogens (primary N) is 1. The Bertz CT molecular complexity index is 1140. The fourth-order valence-corrected chi connectivity index (χ4v) is 4.83. The van der Waals surface area contributed by atoms with Crippen molar-refractivity contribution in [3.63, 3.8) is 0 Å². The normalized spacial score (nSPS) is 16.7. The zero-order valence-electron chi connectivity index (χ0n) is 24.5. The van der Waals surface area contributed by atoms with E-state index in [0.717, 1.165) is 12.8 Å². The number of carbonyl (C=O) groups is 5. The van der Waals surface area contributed by atoms with Crippen LogP contribution in [0.3, 0.4) is 0 Å². The van der Waals surface area contributed by atoms with Gasteiger partial charge in [-0.1, -0.05) is 42.8 Å². The van der Waals surface area contributed by atoms with Crippen LogP contribution in [0.25, 0.3) is 0 Å². The number of allylic oxidation sites excluding steroid dienone is 1. The predicted molar refractivity (Wildman–Crippen MR) is 160 cm³/mol. The minimum absolute atomic E-state index is 0.00506. The number of carbonyl (C=O) groups excluding carboxylic acids is 4. The molecule has 7 N–H and O–H groups in total. The molecule has 0 radical (unpaired) electrons. The average Bonchev–Trinajstić information content (AvgIpc) is 2.97. The summed E-state index contributed by atoms with van der Waals surface area (Å²) in [6.07, 6.45) is 4.29. The van der Waals surface area contributed by atoms with E-state index in [9.17, 15) is 34.2 Å². The van der Waals surface area contributed by atoms with Crippen LogP contribution in [-0.2, 0) is 35.3 Å². The van der Waals surface area contributed by atoms with Gasteiger partial charge in [0, 0.05) is 17.2 Å². The Hall–Kier alpha value is -3.32. The molecule has 0 heterocycles. The second-order valence-electron chi connectivity index (χ2n) is 10.7. The summed E-state index contributed by atoms with van der Waals surface area (Å²) in [6.45, 7) is 1.58. The SMILES string of the molecule is CC1CCC=C(C(=O)N[C@@H](CCCO)C(=O)N[C@@H](CCCN)C(=O)NC(CC(=O)O)C(=O)COCc2ccccc2Cl)C1. The molecule has 238 valence electrons. The van der Waals surface area contributed by atoms with Crippen LogP contribution in [0.15, 0.2) is 35.9 Å². The van der Waals surface area contributed by atoms with E-state index in [1.54, 1.807) is 24.3 Å². The summed E-state index contributed by atoms with van der Waals surface area (Å²) in [5, 5.41) is 26.9. The molecule has 1 aromatic carbocycles. The van der Waals surface area contributed by atoms with Crippen molar-refractivity contribution in [3.05, 3.63) is 46.5 Å². The smallest absolute Gasteiger partial charge is 0.305 e. The topological polar surface area (TPSA) is 197 Å². The summed E-state index contributed by atoms with van der Waals surface area (Å²) in [5.74, 6) is -3.45. The Balaban J connectivity index is 2.09. The van der Waals surface area contributed by atoms with E-state index < -0.39 is 54.7 Å². The highest BCUT2D eigenvalue weighted by atomic mass is 35.5. The van der Waals surface area contributed by atoms with Crippen LogP contribution in [0, 0.1) is 5.92 Å². The number of Topliss-reactive ketones (excluding diaryl/α,β-unsaturated/α-hetero) is 1. The number of aliphatic hydroxyl groups is 1. The molecule has 0 aliphatic heterocycles. The molecule has 43 heavy (non-hydrogen) atoms. The zero-order valence-corrected chi connectivity index (χ0v) is 25.2. The summed E-state index contributed by atoms with van der Waals surface area (Å²) in [5.41, 5.74) is 6.85. The molecule has 0 spiro atoms. The maximum absolute atomic E-state index is 13.3. The Morgan fingerprint density at radius 1 is 1.02 bits per heavy atom. The maximum atomic E-state index is 13.3. The molecule has 0 bridgehead atoms. The van der Waals surface area contributed by atoms with Crippen molar-refractivity contribution in [1.29, 1.82) is 0 Å². The third-order valence-electron chi connectivity index (χ3n) is 7.06. The number of hydrogen-bond acceptors (Lipinski definition) is 8. The molecule has 3 amide bonds. The standard InChI is InChI=1S/C30H43ClN4O8/c1-19-7-4-9-20(15-19)28(40)33-24(12-6-14-36)29(41)34-23(11-5-13-32)30(42)35-25(16-27(38)39)26(37)18-43-17-21-8-2-3-10-22(21)31/h2-3,8-10,19,23-25,36H,4-7,11-18,32H2,1H3,(H,33,40)(H,34,41)(H,35,42)(H,38,39)/t19?,23-,24-,25?/m0/s1. The summed E-state index contributed by atoms with van der Waals surface area (Å²) in [7, 11) is 0. The molecule has 13 heteroatoms. The van der Waals surface area contributed by atoms with E-state index in [0.29, 0.717) is 34.9 Å². The van der Waals surface area contributed by atoms with E-state index in [-0.39, 0.29) is 44.9 Å². The number of carboxylic acids is 1. The molecule has 1 aliphatic rings. The van der Waals surface area contributed by atoms with Gasteiger partial charge in [0.25, 0.3) is 0 Å². The molecule has 0 saturated carbocycles. The van der Waals surface area contributed by atoms with E-state index in [1.807, 2.05) is 13.0 Å². The van der Waals surface area contributed by atoms with Crippen LogP contribution in [-0.4, -0.2) is 77.6 Å². The fourth-order valence-electron chi connectivity index (χ4n) is 4.64. The number of benzene rings is 1. The molecule has 2 rings (SSSR count). The minimum atomic E-state index is -1.42. The van der Waals surface area contributed by atoms with E-state index in [4.69, 9.17) is 22.1 Å². The van der Waals surface area contributed by atoms with Gasteiger partial charge in [-0.25, -0.2) is 0 Å². The molecule has 4 atom stereocenters. The van der Waals surface area contributed by atoms with Gasteiger partial charge in [-0.15, -0.1) is 0 Å². The second kappa shape index (κ2) is 19.1. The van der Waals surface area contributed by atoms with E-state index in [1.165, 1.54) is 0 Å². The van der Waals surface area contributed by atoms with Crippen LogP contribution in [0.1, 0.15) is 63.9 Å². The summed E-state index contributed by atoms with van der Waals surface area (Å²) < 4.78 is 5.43. The Kier molecular flexibility index (Phi) is 15.9. The molecule has 0 aromatic heterocycles. The highest BCUT2D eigenvalue weighted by Gasteiger charge is 2.31. The van der Waals surface area contributed by atoms with Crippen molar-refractivity contribution in [2.24, 2.45) is 11.7 Å². The maximum Gasteiger partial charge on any atom is 0.305 e. The Morgan fingerprint density at radius 3 is 2.30 bits per heavy atom.